The van der Waals surface area contributed by atoms with Crippen LogP contribution in [0.5, 0.6) is 17.2 Å². The molecule has 0 spiro atoms. The summed E-state index contributed by atoms with van der Waals surface area (Å²) < 4.78 is 10.5. The zero-order valence-corrected chi connectivity index (χ0v) is 9.96. The van der Waals surface area contributed by atoms with Crippen molar-refractivity contribution in [3.05, 3.63) is 42.2 Å². The molecule has 2 rings (SSSR count). The van der Waals surface area contributed by atoms with Gasteiger partial charge in [0.05, 0.1) is 24.7 Å². The Balaban J connectivity index is 1.99. The maximum absolute atomic E-state index is 9.28. The number of rotatable bonds is 4. The fraction of sp³-hybridized carbons (Fsp3) is 0.154. The largest absolute Gasteiger partial charge is 0.506 e. The lowest BCUT2D eigenvalue weighted by Crippen LogP contribution is -1.99. The van der Waals surface area contributed by atoms with Gasteiger partial charge in [0.25, 0.3) is 0 Å². The monoisotopic (exact) mass is 246 g/mol. The van der Waals surface area contributed by atoms with E-state index in [9.17, 15) is 5.11 Å². The summed E-state index contributed by atoms with van der Waals surface area (Å²) in [7, 11) is 1.59. The first-order valence-corrected chi connectivity index (χ1v) is 5.39. The van der Waals surface area contributed by atoms with Crippen molar-refractivity contribution in [2.75, 3.05) is 12.8 Å². The molecule has 18 heavy (non-hydrogen) atoms. The Bertz CT molecular complexity index is 526. The first kappa shape index (κ1) is 12.0. The molecule has 0 saturated heterocycles. The van der Waals surface area contributed by atoms with Crippen LogP contribution in [0, 0.1) is 0 Å². The number of phenolic OH excluding ortho intramolecular Hbond substituents is 1. The predicted octanol–water partition coefficient (Wildman–Crippen LogP) is 1.96. The predicted molar refractivity (Wildman–Crippen MR) is 67.6 cm³/mol. The third kappa shape index (κ3) is 2.82. The van der Waals surface area contributed by atoms with E-state index in [1.54, 1.807) is 25.4 Å². The Morgan fingerprint density at radius 1 is 1.22 bits per heavy atom. The van der Waals surface area contributed by atoms with Crippen LogP contribution in [0.3, 0.4) is 0 Å². The van der Waals surface area contributed by atoms with Crippen molar-refractivity contribution in [3.63, 3.8) is 0 Å². The van der Waals surface area contributed by atoms with Gasteiger partial charge < -0.3 is 20.3 Å². The number of phenols is 1. The topological polar surface area (TPSA) is 77.6 Å². The van der Waals surface area contributed by atoms with Gasteiger partial charge >= 0.3 is 0 Å². The van der Waals surface area contributed by atoms with Gasteiger partial charge in [0.1, 0.15) is 23.9 Å². The van der Waals surface area contributed by atoms with Crippen molar-refractivity contribution >= 4 is 5.69 Å². The number of hydrogen-bond acceptors (Lipinski definition) is 5. The lowest BCUT2D eigenvalue weighted by molar-refractivity contribution is 0.300. The van der Waals surface area contributed by atoms with Crippen LogP contribution in [0.1, 0.15) is 5.69 Å². The van der Waals surface area contributed by atoms with E-state index in [-0.39, 0.29) is 11.4 Å². The number of aromatic nitrogens is 1. The molecule has 0 saturated carbocycles. The molecule has 0 fully saturated rings. The highest BCUT2D eigenvalue weighted by Gasteiger charge is 2.01. The Morgan fingerprint density at radius 3 is 2.61 bits per heavy atom. The lowest BCUT2D eigenvalue weighted by Gasteiger charge is -2.07. The number of anilines is 1. The molecular formula is C13H14N2O3. The van der Waals surface area contributed by atoms with Crippen molar-refractivity contribution < 1.29 is 14.6 Å². The van der Waals surface area contributed by atoms with E-state index in [1.165, 1.54) is 6.07 Å². The van der Waals surface area contributed by atoms with Gasteiger partial charge in [-0.1, -0.05) is 0 Å². The number of aromatic hydroxyl groups is 1. The van der Waals surface area contributed by atoms with Gasteiger partial charge in [0.2, 0.25) is 0 Å². The molecule has 2 aromatic rings. The second kappa shape index (κ2) is 5.27. The molecule has 0 bridgehead atoms. The first-order valence-electron chi connectivity index (χ1n) is 5.39. The maximum Gasteiger partial charge on any atom is 0.138 e. The van der Waals surface area contributed by atoms with Gasteiger partial charge in [0, 0.05) is 6.07 Å². The molecule has 94 valence electrons. The minimum atomic E-state index is 0.0462. The summed E-state index contributed by atoms with van der Waals surface area (Å²) in [5.41, 5.74) is 6.63. The third-order valence-corrected chi connectivity index (χ3v) is 2.42. The lowest BCUT2D eigenvalue weighted by atomic mass is 10.3. The highest BCUT2D eigenvalue weighted by molar-refractivity contribution is 5.55. The van der Waals surface area contributed by atoms with Gasteiger partial charge in [-0.3, -0.25) is 4.98 Å². The van der Waals surface area contributed by atoms with Gasteiger partial charge in [-0.15, -0.1) is 0 Å². The van der Waals surface area contributed by atoms with E-state index >= 15 is 0 Å². The number of nitrogens with two attached hydrogens (primary N) is 1. The number of benzene rings is 1. The zero-order chi connectivity index (χ0) is 13.0. The summed E-state index contributed by atoms with van der Waals surface area (Å²) in [5.74, 6) is 1.33. The Labute approximate surface area is 105 Å². The minimum absolute atomic E-state index is 0.0462. The summed E-state index contributed by atoms with van der Waals surface area (Å²) in [4.78, 5) is 4.17. The fourth-order valence-corrected chi connectivity index (χ4v) is 1.40. The average Bonchev–Trinajstić information content (AvgIpc) is 2.41. The van der Waals surface area contributed by atoms with E-state index in [0.717, 1.165) is 5.69 Å². The van der Waals surface area contributed by atoms with Crippen LogP contribution in [-0.4, -0.2) is 17.2 Å². The van der Waals surface area contributed by atoms with Crippen molar-refractivity contribution in [2.24, 2.45) is 0 Å². The van der Waals surface area contributed by atoms with Gasteiger partial charge in [-0.2, -0.15) is 0 Å². The molecule has 0 radical (unpaired) electrons. The molecule has 1 heterocycles. The van der Waals surface area contributed by atoms with Crippen molar-refractivity contribution in [2.45, 2.75) is 6.61 Å². The van der Waals surface area contributed by atoms with Crippen molar-refractivity contribution in [1.29, 1.82) is 0 Å². The molecule has 0 aliphatic rings. The first-order chi connectivity index (χ1) is 8.69. The summed E-state index contributed by atoms with van der Waals surface area (Å²) in [6.07, 6.45) is 1.63. The SMILES string of the molecule is COc1ccc(COc2ccc(O)c(N)c2)nc1. The number of hydrogen-bond donors (Lipinski definition) is 2. The second-order valence-corrected chi connectivity index (χ2v) is 3.70. The Hall–Kier alpha value is -2.43. The van der Waals surface area contributed by atoms with E-state index in [4.69, 9.17) is 15.2 Å². The molecule has 0 aliphatic heterocycles. The normalized spacial score (nSPS) is 10.1. The van der Waals surface area contributed by atoms with Gasteiger partial charge in [-0.25, -0.2) is 0 Å². The quantitative estimate of drug-likeness (QED) is 0.637. The molecule has 0 unspecified atom stereocenters. The zero-order valence-electron chi connectivity index (χ0n) is 9.96. The summed E-state index contributed by atoms with van der Waals surface area (Å²) in [6, 6.07) is 8.35. The standard InChI is InChI=1S/C13H14N2O3/c1-17-11-3-2-9(15-7-11)8-18-10-4-5-13(16)12(14)6-10/h2-7,16H,8,14H2,1H3. The van der Waals surface area contributed by atoms with E-state index in [2.05, 4.69) is 4.98 Å². The van der Waals surface area contributed by atoms with E-state index in [0.29, 0.717) is 18.1 Å². The smallest absolute Gasteiger partial charge is 0.138 e. The molecule has 5 heteroatoms. The van der Waals surface area contributed by atoms with Gasteiger partial charge in [-0.05, 0) is 24.3 Å². The van der Waals surface area contributed by atoms with Crippen LogP contribution in [0.15, 0.2) is 36.5 Å². The molecule has 3 N–H and O–H groups in total. The van der Waals surface area contributed by atoms with E-state index < -0.39 is 0 Å². The molecular weight excluding hydrogens is 232 g/mol. The number of pyridine rings is 1. The van der Waals surface area contributed by atoms with Crippen LogP contribution < -0.4 is 15.2 Å². The number of methoxy groups -OCH3 is 1. The van der Waals surface area contributed by atoms with Gasteiger partial charge in [0.15, 0.2) is 0 Å². The number of ether oxygens (including phenoxy) is 2. The van der Waals surface area contributed by atoms with E-state index in [1.807, 2.05) is 12.1 Å². The van der Waals surface area contributed by atoms with Crippen LogP contribution in [0.4, 0.5) is 5.69 Å². The Morgan fingerprint density at radius 2 is 2.00 bits per heavy atom. The van der Waals surface area contributed by atoms with Crippen LogP contribution in [0.2, 0.25) is 0 Å². The highest BCUT2D eigenvalue weighted by Crippen LogP contribution is 2.25. The van der Waals surface area contributed by atoms with Crippen molar-refractivity contribution in [3.8, 4) is 17.2 Å². The number of nitrogens with zero attached hydrogens (tertiary/aromatic N) is 1. The molecule has 0 aliphatic carbocycles. The molecule has 1 aromatic carbocycles. The molecule has 5 nitrogen and oxygen atoms in total. The molecule has 1 aromatic heterocycles. The van der Waals surface area contributed by atoms with Crippen LogP contribution in [-0.2, 0) is 6.61 Å². The Kier molecular flexibility index (Phi) is 3.52. The van der Waals surface area contributed by atoms with Crippen LogP contribution in [0.25, 0.3) is 0 Å². The maximum atomic E-state index is 9.28. The van der Waals surface area contributed by atoms with Crippen LogP contribution >= 0.6 is 0 Å². The minimum Gasteiger partial charge on any atom is -0.506 e. The second-order valence-electron chi connectivity index (χ2n) is 3.70. The summed E-state index contributed by atoms with van der Waals surface area (Å²) >= 11 is 0. The van der Waals surface area contributed by atoms with Crippen molar-refractivity contribution in [1.82, 2.24) is 4.98 Å². The fourth-order valence-electron chi connectivity index (χ4n) is 1.40. The number of nitrogen functional groups attached to an aromatic ring is 1. The third-order valence-electron chi connectivity index (χ3n) is 2.42. The molecule has 0 amide bonds. The summed E-state index contributed by atoms with van der Waals surface area (Å²) in [6.45, 7) is 0.328. The molecule has 0 atom stereocenters. The summed E-state index contributed by atoms with van der Waals surface area (Å²) in [5, 5.41) is 9.28. The average molecular weight is 246 g/mol. The highest BCUT2D eigenvalue weighted by atomic mass is 16.5.